The molecule has 0 saturated heterocycles. The normalized spacial score (nSPS) is 13.8. The first kappa shape index (κ1) is 22.6. The van der Waals surface area contributed by atoms with Crippen LogP contribution < -0.4 is 5.32 Å². The molecule has 4 rings (SSSR count). The fourth-order valence-corrected chi connectivity index (χ4v) is 5.19. The summed E-state index contributed by atoms with van der Waals surface area (Å²) in [7, 11) is 0. The highest BCUT2D eigenvalue weighted by atomic mass is 35.5. The van der Waals surface area contributed by atoms with E-state index in [4.69, 9.17) is 11.6 Å². The molecule has 3 heterocycles. The molecule has 3 aromatic rings. The third kappa shape index (κ3) is 4.77. The lowest BCUT2D eigenvalue weighted by molar-refractivity contribution is -0.126. The Morgan fingerprint density at radius 3 is 2.91 bits per heavy atom. The summed E-state index contributed by atoms with van der Waals surface area (Å²) in [5.74, 6) is 0.230. The minimum atomic E-state index is -0.464. The van der Waals surface area contributed by atoms with Gasteiger partial charge in [0.1, 0.15) is 22.8 Å². The molecule has 0 bridgehead atoms. The molecule has 1 N–H and O–H groups in total. The molecule has 6 nitrogen and oxygen atoms in total. The molecule has 0 unspecified atom stereocenters. The van der Waals surface area contributed by atoms with E-state index < -0.39 is 5.82 Å². The van der Waals surface area contributed by atoms with E-state index in [0.717, 1.165) is 46.7 Å². The second-order valence-corrected chi connectivity index (χ2v) is 9.05. The van der Waals surface area contributed by atoms with Crippen LogP contribution in [-0.2, 0) is 17.8 Å². The highest BCUT2D eigenvalue weighted by Gasteiger charge is 2.25. The molecule has 0 saturated carbocycles. The molecule has 1 aliphatic heterocycles. The molecule has 32 heavy (non-hydrogen) atoms. The summed E-state index contributed by atoms with van der Waals surface area (Å²) >= 11 is 7.50. The number of carbonyl (C=O) groups is 1. The Morgan fingerprint density at radius 1 is 1.34 bits per heavy atom. The van der Waals surface area contributed by atoms with E-state index in [1.165, 1.54) is 18.5 Å². The fraction of sp³-hybridized carbons (Fsp3) is 0.348. The first-order valence-corrected chi connectivity index (χ1v) is 11.8. The van der Waals surface area contributed by atoms with Crippen molar-refractivity contribution in [1.29, 1.82) is 0 Å². The second kappa shape index (κ2) is 9.94. The SMILES string of the molecule is CCN(CC)CC=CC(=O)N1CCc2c(sc3ncnc(Nc4ccc(F)c(Cl)c4)c23)C1. The van der Waals surface area contributed by atoms with Gasteiger partial charge in [-0.05, 0) is 43.3 Å². The van der Waals surface area contributed by atoms with Gasteiger partial charge in [0.2, 0.25) is 5.91 Å². The zero-order chi connectivity index (χ0) is 22.7. The molecular weight excluding hydrogens is 449 g/mol. The van der Waals surface area contributed by atoms with Gasteiger partial charge in [-0.15, -0.1) is 11.3 Å². The largest absolute Gasteiger partial charge is 0.340 e. The molecule has 9 heteroatoms. The Kier molecular flexibility index (Phi) is 7.03. The molecule has 0 radical (unpaired) electrons. The van der Waals surface area contributed by atoms with Gasteiger partial charge in [0.15, 0.2) is 0 Å². The van der Waals surface area contributed by atoms with Gasteiger partial charge in [0.25, 0.3) is 0 Å². The minimum Gasteiger partial charge on any atom is -0.340 e. The Labute approximate surface area is 195 Å². The van der Waals surface area contributed by atoms with Crippen molar-refractivity contribution in [1.82, 2.24) is 19.8 Å². The minimum absolute atomic E-state index is 0.0330. The van der Waals surface area contributed by atoms with E-state index in [1.807, 2.05) is 11.0 Å². The van der Waals surface area contributed by atoms with Gasteiger partial charge in [0, 0.05) is 29.7 Å². The standard InChI is InChI=1S/C23H25ClFN5OS/c1-3-29(4-2)10-5-6-20(31)30-11-9-16-19(13-30)32-23-21(16)22(26-14-27-23)28-15-7-8-18(25)17(24)12-15/h5-8,12,14H,3-4,9-11,13H2,1-2H3,(H,26,27,28). The van der Waals surface area contributed by atoms with Crippen molar-refractivity contribution in [2.24, 2.45) is 0 Å². The highest BCUT2D eigenvalue weighted by Crippen LogP contribution is 2.38. The predicted octanol–water partition coefficient (Wildman–Crippen LogP) is 5.01. The second-order valence-electron chi connectivity index (χ2n) is 7.56. The number of rotatable bonds is 7. The van der Waals surface area contributed by atoms with Crippen molar-refractivity contribution in [2.45, 2.75) is 26.8 Å². The van der Waals surface area contributed by atoms with Crippen molar-refractivity contribution < 1.29 is 9.18 Å². The first-order valence-electron chi connectivity index (χ1n) is 10.6. The summed E-state index contributed by atoms with van der Waals surface area (Å²) in [6.07, 6.45) is 5.87. The van der Waals surface area contributed by atoms with Crippen molar-refractivity contribution in [3.05, 3.63) is 58.0 Å². The Hall–Kier alpha value is -2.55. The van der Waals surface area contributed by atoms with Crippen LogP contribution in [0.2, 0.25) is 5.02 Å². The lowest BCUT2D eigenvalue weighted by atomic mass is 10.0. The molecule has 1 amide bonds. The van der Waals surface area contributed by atoms with Crippen LogP contribution in [0.3, 0.4) is 0 Å². The van der Waals surface area contributed by atoms with Crippen LogP contribution in [0.5, 0.6) is 0 Å². The maximum Gasteiger partial charge on any atom is 0.246 e. The van der Waals surface area contributed by atoms with Gasteiger partial charge in [-0.1, -0.05) is 31.5 Å². The molecule has 0 fully saturated rings. The third-order valence-electron chi connectivity index (χ3n) is 5.65. The van der Waals surface area contributed by atoms with Crippen LogP contribution in [0, 0.1) is 5.82 Å². The molecule has 2 aromatic heterocycles. The number of nitrogens with one attached hydrogen (secondary N) is 1. The van der Waals surface area contributed by atoms with E-state index in [0.29, 0.717) is 24.6 Å². The van der Waals surface area contributed by atoms with Gasteiger partial charge in [0.05, 0.1) is 17.0 Å². The van der Waals surface area contributed by atoms with Crippen molar-refractivity contribution in [3.63, 3.8) is 0 Å². The van der Waals surface area contributed by atoms with E-state index >= 15 is 0 Å². The summed E-state index contributed by atoms with van der Waals surface area (Å²) in [5, 5.41) is 4.25. The molecule has 0 spiro atoms. The highest BCUT2D eigenvalue weighted by molar-refractivity contribution is 7.19. The summed E-state index contributed by atoms with van der Waals surface area (Å²) in [6.45, 7) is 8.14. The van der Waals surface area contributed by atoms with Crippen molar-refractivity contribution in [2.75, 3.05) is 31.5 Å². The average molecular weight is 474 g/mol. The maximum atomic E-state index is 13.5. The lowest BCUT2D eigenvalue weighted by Crippen LogP contribution is -2.34. The van der Waals surface area contributed by atoms with Crippen LogP contribution in [-0.4, -0.2) is 51.9 Å². The summed E-state index contributed by atoms with van der Waals surface area (Å²) in [6, 6.07) is 4.48. The molecule has 1 aliphatic rings. The van der Waals surface area contributed by atoms with Gasteiger partial charge < -0.3 is 15.1 Å². The van der Waals surface area contributed by atoms with Crippen LogP contribution in [0.15, 0.2) is 36.7 Å². The van der Waals surface area contributed by atoms with Gasteiger partial charge in [-0.3, -0.25) is 4.79 Å². The van der Waals surface area contributed by atoms with Crippen molar-refractivity contribution in [3.8, 4) is 0 Å². The maximum absolute atomic E-state index is 13.5. The fourth-order valence-electron chi connectivity index (χ4n) is 3.81. The summed E-state index contributed by atoms with van der Waals surface area (Å²) in [4.78, 5) is 27.7. The number of carbonyl (C=O) groups excluding carboxylic acids is 1. The van der Waals surface area contributed by atoms with E-state index in [2.05, 4.69) is 34.0 Å². The van der Waals surface area contributed by atoms with Crippen molar-refractivity contribution >= 4 is 50.6 Å². The number of fused-ring (bicyclic) bond motifs is 3. The lowest BCUT2D eigenvalue weighted by Gasteiger charge is -2.26. The number of nitrogens with zero attached hydrogens (tertiary/aromatic N) is 4. The van der Waals surface area contributed by atoms with Gasteiger partial charge >= 0.3 is 0 Å². The van der Waals surface area contributed by atoms with Crippen LogP contribution in [0.4, 0.5) is 15.9 Å². The van der Waals surface area contributed by atoms with Crippen LogP contribution in [0.25, 0.3) is 10.2 Å². The quantitative estimate of drug-likeness (QED) is 0.489. The number of aromatic nitrogens is 2. The smallest absolute Gasteiger partial charge is 0.246 e. The number of thiophene rings is 1. The molecule has 1 aromatic carbocycles. The molecule has 0 atom stereocenters. The number of anilines is 2. The summed E-state index contributed by atoms with van der Waals surface area (Å²) < 4.78 is 13.5. The zero-order valence-corrected chi connectivity index (χ0v) is 19.6. The van der Waals surface area contributed by atoms with Crippen LogP contribution in [0.1, 0.15) is 24.3 Å². The number of benzene rings is 1. The number of likely N-dealkylation sites (N-methyl/N-ethyl adjacent to an activating group) is 1. The zero-order valence-electron chi connectivity index (χ0n) is 18.1. The van der Waals surface area contributed by atoms with Gasteiger partial charge in [-0.2, -0.15) is 0 Å². The van der Waals surface area contributed by atoms with E-state index in [-0.39, 0.29) is 10.9 Å². The Morgan fingerprint density at radius 2 is 2.16 bits per heavy atom. The monoisotopic (exact) mass is 473 g/mol. The average Bonchev–Trinajstić information content (AvgIpc) is 3.18. The summed E-state index contributed by atoms with van der Waals surface area (Å²) in [5.41, 5.74) is 1.82. The topological polar surface area (TPSA) is 61.4 Å². The predicted molar refractivity (Wildman–Crippen MR) is 128 cm³/mol. The van der Waals surface area contributed by atoms with E-state index in [9.17, 15) is 9.18 Å². The first-order chi connectivity index (χ1) is 15.5. The van der Waals surface area contributed by atoms with Crippen LogP contribution >= 0.6 is 22.9 Å². The van der Waals surface area contributed by atoms with Gasteiger partial charge in [-0.25, -0.2) is 14.4 Å². The number of hydrogen-bond acceptors (Lipinski definition) is 6. The number of halogens is 2. The number of hydrogen-bond donors (Lipinski definition) is 1. The Bertz CT molecular complexity index is 1160. The molecular formula is C23H25ClFN5OS. The number of amides is 1. The Balaban J connectivity index is 1.53. The van der Waals surface area contributed by atoms with E-state index in [1.54, 1.807) is 23.5 Å². The molecule has 168 valence electrons. The molecule has 0 aliphatic carbocycles. The third-order valence-corrected chi connectivity index (χ3v) is 7.06.